The Morgan fingerprint density at radius 2 is 1.75 bits per heavy atom. The van der Waals surface area contributed by atoms with E-state index in [0.29, 0.717) is 5.95 Å². The second-order valence-electron chi connectivity index (χ2n) is 6.08. The van der Waals surface area contributed by atoms with Gasteiger partial charge in [-0.25, -0.2) is 4.68 Å². The van der Waals surface area contributed by atoms with Gasteiger partial charge < -0.3 is 10.1 Å². The average Bonchev–Trinajstić information content (AvgIpc) is 3.10. The lowest BCUT2D eigenvalue weighted by Gasteiger charge is -2.31. The van der Waals surface area contributed by atoms with E-state index in [4.69, 9.17) is 4.74 Å². The van der Waals surface area contributed by atoms with Gasteiger partial charge in [-0.3, -0.25) is 0 Å². The quantitative estimate of drug-likeness (QED) is 0.803. The number of ether oxygens (including phenoxy) is 1. The van der Waals surface area contributed by atoms with Crippen molar-refractivity contribution in [1.82, 2.24) is 20.2 Å². The minimum Gasteiger partial charge on any atom is -0.497 e. The first kappa shape index (κ1) is 14.7. The third-order valence-electron chi connectivity index (χ3n) is 4.53. The maximum absolute atomic E-state index is 5.25. The number of tetrazole rings is 1. The summed E-state index contributed by atoms with van der Waals surface area (Å²) >= 11 is 0. The molecule has 1 aromatic heterocycles. The largest absolute Gasteiger partial charge is 0.497 e. The van der Waals surface area contributed by atoms with Crippen molar-refractivity contribution in [2.24, 2.45) is 0 Å². The van der Waals surface area contributed by atoms with E-state index < -0.39 is 0 Å². The first-order valence-corrected chi connectivity index (χ1v) is 7.99. The summed E-state index contributed by atoms with van der Waals surface area (Å²) in [4.78, 5) is 0. The fourth-order valence-electron chi connectivity index (χ4n) is 3.16. The molecule has 4 rings (SSSR count). The molecule has 3 aromatic rings. The predicted octanol–water partition coefficient (Wildman–Crippen LogP) is 3.14. The summed E-state index contributed by atoms with van der Waals surface area (Å²) in [5.41, 5.74) is 3.67. The van der Waals surface area contributed by atoms with Gasteiger partial charge in [0.05, 0.1) is 19.2 Å². The lowest BCUT2D eigenvalue weighted by molar-refractivity contribution is 0.410. The third kappa shape index (κ3) is 2.60. The molecule has 0 unspecified atom stereocenters. The molecule has 6 heteroatoms. The highest BCUT2D eigenvalue weighted by Crippen LogP contribution is 2.37. The van der Waals surface area contributed by atoms with Gasteiger partial charge in [-0.15, -0.1) is 0 Å². The number of aryl methyl sites for hydroxylation is 1. The van der Waals surface area contributed by atoms with E-state index in [1.807, 2.05) is 16.8 Å². The maximum atomic E-state index is 5.25. The summed E-state index contributed by atoms with van der Waals surface area (Å²) in [6.45, 7) is 2.10. The summed E-state index contributed by atoms with van der Waals surface area (Å²) in [6, 6.07) is 17.0. The number of hydrogen-bond acceptors (Lipinski definition) is 5. The van der Waals surface area contributed by atoms with E-state index in [1.54, 1.807) is 7.11 Å². The van der Waals surface area contributed by atoms with Gasteiger partial charge in [-0.05, 0) is 47.0 Å². The van der Waals surface area contributed by atoms with E-state index in [2.05, 4.69) is 64.2 Å². The Labute approximate surface area is 140 Å². The normalized spacial score (nSPS) is 19.4. The molecule has 1 N–H and O–H groups in total. The van der Waals surface area contributed by atoms with Crippen LogP contribution in [-0.4, -0.2) is 27.3 Å². The number of nitrogens with zero attached hydrogens (tertiary/aromatic N) is 4. The highest BCUT2D eigenvalue weighted by Gasteiger charge is 2.30. The van der Waals surface area contributed by atoms with Crippen LogP contribution in [0.2, 0.25) is 0 Å². The van der Waals surface area contributed by atoms with E-state index in [9.17, 15) is 0 Å². The number of fused-ring (bicyclic) bond motifs is 1. The first-order valence-electron chi connectivity index (χ1n) is 7.99. The highest BCUT2D eigenvalue weighted by atomic mass is 16.5. The molecule has 2 atom stereocenters. The number of rotatable bonds is 3. The minimum absolute atomic E-state index is 0.0912. The van der Waals surface area contributed by atoms with Crippen LogP contribution in [0.4, 0.5) is 5.95 Å². The smallest absolute Gasteiger partial charge is 0.243 e. The topological polar surface area (TPSA) is 64.9 Å². The van der Waals surface area contributed by atoms with Crippen LogP contribution in [0.25, 0.3) is 0 Å². The second kappa shape index (κ2) is 5.96. The molecule has 1 aliphatic rings. The van der Waals surface area contributed by atoms with Gasteiger partial charge in [0.25, 0.3) is 0 Å². The van der Waals surface area contributed by atoms with Gasteiger partial charge in [-0.2, -0.15) is 0 Å². The number of anilines is 1. The molecule has 2 heterocycles. The van der Waals surface area contributed by atoms with Crippen LogP contribution in [0.1, 0.15) is 35.2 Å². The molecule has 0 saturated carbocycles. The van der Waals surface area contributed by atoms with Crippen molar-refractivity contribution >= 4 is 5.95 Å². The average molecular weight is 321 g/mol. The van der Waals surface area contributed by atoms with E-state index >= 15 is 0 Å². The Bertz CT molecular complexity index is 825. The second-order valence-corrected chi connectivity index (χ2v) is 6.08. The van der Waals surface area contributed by atoms with Crippen molar-refractivity contribution in [1.29, 1.82) is 0 Å². The van der Waals surface area contributed by atoms with Crippen LogP contribution >= 0.6 is 0 Å². The monoisotopic (exact) mass is 321 g/mol. The summed E-state index contributed by atoms with van der Waals surface area (Å²) < 4.78 is 7.11. The van der Waals surface area contributed by atoms with Crippen LogP contribution in [0.3, 0.4) is 0 Å². The summed E-state index contributed by atoms with van der Waals surface area (Å²) in [6.07, 6.45) is 0.882. The molecule has 0 bridgehead atoms. The number of aromatic nitrogens is 4. The Hall–Kier alpha value is -2.89. The molecule has 0 aliphatic carbocycles. The van der Waals surface area contributed by atoms with E-state index in [1.165, 1.54) is 16.7 Å². The Morgan fingerprint density at radius 1 is 1.04 bits per heavy atom. The van der Waals surface area contributed by atoms with Gasteiger partial charge in [-0.1, -0.05) is 47.1 Å². The van der Waals surface area contributed by atoms with Gasteiger partial charge in [0.2, 0.25) is 5.95 Å². The van der Waals surface area contributed by atoms with Crippen LogP contribution in [-0.2, 0) is 0 Å². The lowest BCUT2D eigenvalue weighted by atomic mass is 9.93. The fraction of sp³-hybridized carbons (Fsp3) is 0.278. The molecule has 24 heavy (non-hydrogen) atoms. The van der Waals surface area contributed by atoms with Crippen molar-refractivity contribution in [3.8, 4) is 5.75 Å². The third-order valence-corrected chi connectivity index (χ3v) is 4.53. The Kier molecular flexibility index (Phi) is 3.65. The molecule has 122 valence electrons. The summed E-state index contributed by atoms with van der Waals surface area (Å²) in [7, 11) is 1.67. The fourth-order valence-corrected chi connectivity index (χ4v) is 3.16. The molecule has 0 saturated heterocycles. The van der Waals surface area contributed by atoms with Crippen LogP contribution in [0, 0.1) is 6.92 Å². The zero-order chi connectivity index (χ0) is 16.5. The van der Waals surface area contributed by atoms with Gasteiger partial charge >= 0.3 is 0 Å². The van der Waals surface area contributed by atoms with Crippen LogP contribution in [0.5, 0.6) is 5.75 Å². The molecule has 2 aromatic carbocycles. The SMILES string of the molecule is COc1ccc([C@H]2C[C@@H](c3ccc(C)cc3)Nc3nnnn32)cc1. The van der Waals surface area contributed by atoms with E-state index in [-0.39, 0.29) is 12.1 Å². The Morgan fingerprint density at radius 3 is 2.46 bits per heavy atom. The maximum Gasteiger partial charge on any atom is 0.243 e. The van der Waals surface area contributed by atoms with Crippen molar-refractivity contribution in [2.75, 3.05) is 12.4 Å². The number of benzene rings is 2. The van der Waals surface area contributed by atoms with Crippen molar-refractivity contribution in [3.63, 3.8) is 0 Å². The number of nitrogens with one attached hydrogen (secondary N) is 1. The van der Waals surface area contributed by atoms with Crippen LogP contribution < -0.4 is 10.1 Å². The predicted molar refractivity (Wildman–Crippen MR) is 91.1 cm³/mol. The zero-order valence-electron chi connectivity index (χ0n) is 13.7. The molecule has 1 aliphatic heterocycles. The van der Waals surface area contributed by atoms with E-state index in [0.717, 1.165) is 12.2 Å². The summed E-state index contributed by atoms with van der Waals surface area (Å²) in [5.74, 6) is 1.55. The van der Waals surface area contributed by atoms with Crippen molar-refractivity contribution in [3.05, 3.63) is 65.2 Å². The van der Waals surface area contributed by atoms with Gasteiger partial charge in [0.1, 0.15) is 5.75 Å². The van der Waals surface area contributed by atoms with Gasteiger partial charge in [0, 0.05) is 0 Å². The molecule has 0 spiro atoms. The highest BCUT2D eigenvalue weighted by molar-refractivity contribution is 5.39. The molecule has 0 amide bonds. The van der Waals surface area contributed by atoms with Crippen molar-refractivity contribution < 1.29 is 4.74 Å². The molecule has 6 nitrogen and oxygen atoms in total. The lowest BCUT2D eigenvalue weighted by Crippen LogP contribution is -2.28. The van der Waals surface area contributed by atoms with Crippen LogP contribution in [0.15, 0.2) is 48.5 Å². The number of methoxy groups -OCH3 is 1. The summed E-state index contributed by atoms with van der Waals surface area (Å²) in [5, 5.41) is 15.6. The number of hydrogen-bond donors (Lipinski definition) is 1. The molecular weight excluding hydrogens is 302 g/mol. The first-order chi connectivity index (χ1) is 11.7. The van der Waals surface area contributed by atoms with Crippen molar-refractivity contribution in [2.45, 2.75) is 25.4 Å². The zero-order valence-corrected chi connectivity index (χ0v) is 13.7. The minimum atomic E-state index is 0.0912. The molecular formula is C18H19N5O. The Balaban J connectivity index is 1.69. The molecule has 0 fully saturated rings. The standard InChI is InChI=1S/C18H19N5O/c1-12-3-5-13(6-4-12)16-11-17(23-18(19-16)20-21-22-23)14-7-9-15(24-2)10-8-14/h3-10,16-17H,11H2,1-2H3,(H,19,20,22)/t16-,17+/m0/s1. The molecule has 0 radical (unpaired) electrons. The van der Waals surface area contributed by atoms with Gasteiger partial charge in [0.15, 0.2) is 0 Å².